The molecule has 4 aliphatic rings. The van der Waals surface area contributed by atoms with E-state index in [2.05, 4.69) is 20.8 Å². The fourth-order valence-corrected chi connectivity index (χ4v) is 9.04. The van der Waals surface area contributed by atoms with Crippen molar-refractivity contribution in [2.24, 2.45) is 46.3 Å². The van der Waals surface area contributed by atoms with Crippen molar-refractivity contribution in [3.63, 3.8) is 0 Å². The van der Waals surface area contributed by atoms with Crippen LogP contribution in [0.3, 0.4) is 0 Å². The van der Waals surface area contributed by atoms with E-state index in [9.17, 15) is 4.39 Å². The highest BCUT2D eigenvalue weighted by Crippen LogP contribution is 2.68. The van der Waals surface area contributed by atoms with Gasteiger partial charge in [-0.15, -0.1) is 0 Å². The maximum Gasteiger partial charge on any atom is 0.105 e. The second-order valence-corrected chi connectivity index (χ2v) is 12.4. The third-order valence-electron chi connectivity index (χ3n) is 10.5. The summed E-state index contributed by atoms with van der Waals surface area (Å²) in [7, 11) is 0. The Hall–Kier alpha value is -0.0700. The Morgan fingerprint density at radius 3 is 2.37 bits per heavy atom. The van der Waals surface area contributed by atoms with Crippen molar-refractivity contribution in [3.8, 4) is 0 Å². The molecule has 4 aliphatic carbocycles. The molecule has 4 fully saturated rings. The molecule has 0 amide bonds. The SMILES string of the molecule is CC(CCC(C)(C)F)C1CCC2C3CCC4CCCCC4(C)C3CCC12C. The number of hydrogen-bond acceptors (Lipinski definition) is 0. The molecule has 0 radical (unpaired) electrons. The van der Waals surface area contributed by atoms with Gasteiger partial charge in [0, 0.05) is 0 Å². The van der Waals surface area contributed by atoms with Gasteiger partial charge in [-0.3, -0.25) is 0 Å². The van der Waals surface area contributed by atoms with Gasteiger partial charge in [0.2, 0.25) is 0 Å². The van der Waals surface area contributed by atoms with Crippen LogP contribution in [0.1, 0.15) is 112 Å². The minimum absolute atomic E-state index is 0.541. The average Bonchev–Trinajstić information content (AvgIpc) is 2.96. The number of hydrogen-bond donors (Lipinski definition) is 0. The van der Waals surface area contributed by atoms with E-state index < -0.39 is 5.67 Å². The van der Waals surface area contributed by atoms with Crippen molar-refractivity contribution >= 4 is 0 Å². The van der Waals surface area contributed by atoms with Crippen LogP contribution in [-0.4, -0.2) is 5.67 Å². The van der Waals surface area contributed by atoms with Crippen molar-refractivity contribution in [2.45, 2.75) is 117 Å². The fraction of sp³-hybridized carbons (Fsp3) is 1.00. The molecule has 0 spiro atoms. The lowest BCUT2D eigenvalue weighted by Crippen LogP contribution is -2.53. The molecule has 0 aromatic rings. The van der Waals surface area contributed by atoms with Crippen LogP contribution < -0.4 is 0 Å². The Bertz CT molecular complexity index is 533. The molecule has 8 unspecified atom stereocenters. The molecule has 4 rings (SSSR count). The quantitative estimate of drug-likeness (QED) is 0.464. The van der Waals surface area contributed by atoms with E-state index in [1.165, 1.54) is 64.2 Å². The van der Waals surface area contributed by atoms with Crippen LogP contribution in [0.15, 0.2) is 0 Å². The standard InChI is InChI=1S/C26H45F/c1-18(13-16-24(2,3)27)21-11-12-22-20-10-9-19-8-6-7-15-25(19,4)23(20)14-17-26(21,22)5/h18-23H,6-17H2,1-5H3. The first-order valence-corrected chi connectivity index (χ1v) is 12.3. The molecule has 156 valence electrons. The lowest BCUT2D eigenvalue weighted by Gasteiger charge is -2.61. The van der Waals surface area contributed by atoms with E-state index in [-0.39, 0.29) is 0 Å². The Labute approximate surface area is 168 Å². The van der Waals surface area contributed by atoms with E-state index >= 15 is 0 Å². The smallest absolute Gasteiger partial charge is 0.105 e. The zero-order chi connectivity index (χ0) is 19.4. The topological polar surface area (TPSA) is 0 Å². The highest BCUT2D eigenvalue weighted by atomic mass is 19.1. The van der Waals surface area contributed by atoms with Crippen LogP contribution in [0.25, 0.3) is 0 Å². The number of fused-ring (bicyclic) bond motifs is 5. The average molecular weight is 377 g/mol. The summed E-state index contributed by atoms with van der Waals surface area (Å²) in [6.07, 6.45) is 16.7. The van der Waals surface area contributed by atoms with Gasteiger partial charge >= 0.3 is 0 Å². The molecule has 0 aromatic heterocycles. The minimum atomic E-state index is -1.00. The molecule has 0 aromatic carbocycles. The first-order valence-electron chi connectivity index (χ1n) is 12.3. The molecule has 0 aliphatic heterocycles. The largest absolute Gasteiger partial charge is 0.245 e. The van der Waals surface area contributed by atoms with Crippen LogP contribution in [-0.2, 0) is 0 Å². The van der Waals surface area contributed by atoms with Crippen molar-refractivity contribution < 1.29 is 4.39 Å². The normalized spacial score (nSPS) is 48.4. The first-order chi connectivity index (χ1) is 12.7. The van der Waals surface area contributed by atoms with Crippen molar-refractivity contribution in [2.75, 3.05) is 0 Å². The number of halogens is 1. The van der Waals surface area contributed by atoms with Gasteiger partial charge in [-0.05, 0) is 124 Å². The van der Waals surface area contributed by atoms with Crippen LogP contribution in [0, 0.1) is 46.3 Å². The highest BCUT2D eigenvalue weighted by molar-refractivity contribution is 5.09. The summed E-state index contributed by atoms with van der Waals surface area (Å²) in [5.41, 5.74) is 0.197. The summed E-state index contributed by atoms with van der Waals surface area (Å²) in [5, 5.41) is 0. The summed E-state index contributed by atoms with van der Waals surface area (Å²) in [4.78, 5) is 0. The van der Waals surface area contributed by atoms with E-state index in [0.29, 0.717) is 16.7 Å². The van der Waals surface area contributed by atoms with Gasteiger partial charge in [-0.1, -0.05) is 33.6 Å². The first kappa shape index (κ1) is 20.2. The minimum Gasteiger partial charge on any atom is -0.245 e. The Morgan fingerprint density at radius 2 is 1.63 bits per heavy atom. The van der Waals surface area contributed by atoms with Gasteiger partial charge in [0.05, 0.1) is 0 Å². The molecule has 27 heavy (non-hydrogen) atoms. The third kappa shape index (κ3) is 3.42. The molecular weight excluding hydrogens is 331 g/mol. The molecule has 1 heteroatoms. The molecule has 0 heterocycles. The summed E-state index contributed by atoms with van der Waals surface area (Å²) in [5.74, 6) is 5.52. The van der Waals surface area contributed by atoms with E-state index in [4.69, 9.17) is 0 Å². The molecule has 8 atom stereocenters. The maximum atomic E-state index is 14.1. The number of alkyl halides is 1. The van der Waals surface area contributed by atoms with E-state index in [1.54, 1.807) is 13.8 Å². The summed E-state index contributed by atoms with van der Waals surface area (Å²) < 4.78 is 14.1. The second-order valence-electron chi connectivity index (χ2n) is 12.4. The zero-order valence-electron chi connectivity index (χ0n) is 18.8. The van der Waals surface area contributed by atoms with Gasteiger partial charge in [-0.2, -0.15) is 0 Å². The van der Waals surface area contributed by atoms with Crippen molar-refractivity contribution in [1.82, 2.24) is 0 Å². The van der Waals surface area contributed by atoms with Gasteiger partial charge in [-0.25, -0.2) is 4.39 Å². The van der Waals surface area contributed by atoms with Gasteiger partial charge in [0.1, 0.15) is 5.67 Å². The molecule has 0 saturated heterocycles. The fourth-order valence-electron chi connectivity index (χ4n) is 9.04. The Balaban J connectivity index is 1.49. The lowest BCUT2D eigenvalue weighted by molar-refractivity contribution is -0.114. The van der Waals surface area contributed by atoms with Crippen LogP contribution in [0.5, 0.6) is 0 Å². The highest BCUT2D eigenvalue weighted by Gasteiger charge is 2.60. The summed E-state index contributed by atoms with van der Waals surface area (Å²) >= 11 is 0. The Kier molecular flexibility index (Phi) is 5.25. The molecule has 4 saturated carbocycles. The van der Waals surface area contributed by atoms with Crippen LogP contribution in [0.2, 0.25) is 0 Å². The summed E-state index contributed by atoms with van der Waals surface area (Å²) in [6.45, 7) is 11.3. The van der Waals surface area contributed by atoms with Gasteiger partial charge in [0.25, 0.3) is 0 Å². The van der Waals surface area contributed by atoms with Crippen LogP contribution in [0.4, 0.5) is 4.39 Å². The Morgan fingerprint density at radius 1 is 0.889 bits per heavy atom. The predicted octanol–water partition coefficient (Wildman–Crippen LogP) is 8.20. The molecule has 0 N–H and O–H groups in total. The monoisotopic (exact) mass is 376 g/mol. The second kappa shape index (κ2) is 7.02. The van der Waals surface area contributed by atoms with Crippen molar-refractivity contribution in [1.29, 1.82) is 0 Å². The third-order valence-corrected chi connectivity index (χ3v) is 10.5. The predicted molar refractivity (Wildman–Crippen MR) is 113 cm³/mol. The molecule has 0 nitrogen and oxygen atoms in total. The van der Waals surface area contributed by atoms with Gasteiger partial charge < -0.3 is 0 Å². The molecule has 0 bridgehead atoms. The van der Waals surface area contributed by atoms with Gasteiger partial charge in [0.15, 0.2) is 0 Å². The number of rotatable bonds is 4. The van der Waals surface area contributed by atoms with Crippen molar-refractivity contribution in [3.05, 3.63) is 0 Å². The summed E-state index contributed by atoms with van der Waals surface area (Å²) in [6, 6.07) is 0. The lowest BCUT2D eigenvalue weighted by atomic mass is 9.44. The maximum absolute atomic E-state index is 14.1. The zero-order valence-corrected chi connectivity index (χ0v) is 18.8. The van der Waals surface area contributed by atoms with Crippen LogP contribution >= 0.6 is 0 Å². The molecular formula is C26H45F. The van der Waals surface area contributed by atoms with E-state index in [1.807, 2.05) is 0 Å². The van der Waals surface area contributed by atoms with E-state index in [0.717, 1.165) is 42.4 Å².